The van der Waals surface area contributed by atoms with Gasteiger partial charge in [-0.2, -0.15) is 8.78 Å². The van der Waals surface area contributed by atoms with Crippen LogP contribution in [0.1, 0.15) is 42.6 Å². The highest BCUT2D eigenvalue weighted by Crippen LogP contribution is 2.45. The highest BCUT2D eigenvalue weighted by atomic mass is 19.3. The maximum Gasteiger partial charge on any atom is 0.338 e. The fourth-order valence-corrected chi connectivity index (χ4v) is 2.65. The molecule has 2 atom stereocenters. The summed E-state index contributed by atoms with van der Waals surface area (Å²) in [7, 11) is 0. The molecule has 0 aliphatic carbocycles. The Hall–Kier alpha value is -3.08. The maximum absolute atomic E-state index is 14.6. The largest absolute Gasteiger partial charge is 0.338 e. The van der Waals surface area contributed by atoms with Crippen LogP contribution in [0.15, 0.2) is 42.9 Å². The monoisotopic (exact) mass is 428 g/mol. The zero-order valence-electron chi connectivity index (χ0n) is 16.3. The first kappa shape index (κ1) is 23.2. The van der Waals surface area contributed by atoms with Crippen molar-refractivity contribution in [2.24, 2.45) is 0 Å². The number of alkyl halides is 4. The van der Waals surface area contributed by atoms with Crippen molar-refractivity contribution >= 4 is 17.6 Å². The zero-order valence-corrected chi connectivity index (χ0v) is 16.3. The molecule has 2 aromatic heterocycles. The molecule has 0 spiro atoms. The molecule has 0 aromatic carbocycles. The Bertz CT molecular complexity index is 898. The SMILES string of the molecule is CC(=O)Nc1cc(C(C)C(C)(ONC(=O)c2cccnc2)C(F)(F)C(F)F)ccn1. The van der Waals surface area contributed by atoms with E-state index in [2.05, 4.69) is 15.3 Å². The van der Waals surface area contributed by atoms with E-state index in [4.69, 9.17) is 4.84 Å². The lowest BCUT2D eigenvalue weighted by Crippen LogP contribution is -2.58. The molecule has 2 amide bonds. The summed E-state index contributed by atoms with van der Waals surface area (Å²) in [6.07, 6.45) is -0.290. The molecule has 11 heteroatoms. The number of pyridine rings is 2. The van der Waals surface area contributed by atoms with E-state index in [1.165, 1.54) is 50.5 Å². The summed E-state index contributed by atoms with van der Waals surface area (Å²) in [6, 6.07) is 5.37. The molecular formula is C19H20F4N4O3. The van der Waals surface area contributed by atoms with E-state index in [1.54, 1.807) is 0 Å². The van der Waals surface area contributed by atoms with Crippen molar-refractivity contribution in [2.75, 3.05) is 5.32 Å². The van der Waals surface area contributed by atoms with Gasteiger partial charge in [0, 0.05) is 31.4 Å². The second-order valence-electron chi connectivity index (χ2n) is 6.68. The first-order chi connectivity index (χ1) is 14.0. The third-order valence-corrected chi connectivity index (χ3v) is 4.63. The molecule has 2 N–H and O–H groups in total. The minimum atomic E-state index is -4.65. The molecule has 0 fully saturated rings. The second-order valence-corrected chi connectivity index (χ2v) is 6.68. The van der Waals surface area contributed by atoms with Crippen LogP contribution in [0.5, 0.6) is 0 Å². The lowest BCUT2D eigenvalue weighted by Gasteiger charge is -2.40. The Kier molecular flexibility index (Phi) is 7.08. The van der Waals surface area contributed by atoms with Crippen LogP contribution < -0.4 is 10.8 Å². The van der Waals surface area contributed by atoms with E-state index < -0.39 is 35.7 Å². The average molecular weight is 428 g/mol. The van der Waals surface area contributed by atoms with Gasteiger partial charge in [0.1, 0.15) is 5.82 Å². The maximum atomic E-state index is 14.6. The number of nitrogens with zero attached hydrogens (tertiary/aromatic N) is 2. The van der Waals surface area contributed by atoms with Crippen molar-refractivity contribution in [3.05, 3.63) is 54.0 Å². The summed E-state index contributed by atoms with van der Waals surface area (Å²) >= 11 is 0. The molecule has 30 heavy (non-hydrogen) atoms. The van der Waals surface area contributed by atoms with Crippen LogP contribution in [0.25, 0.3) is 0 Å². The molecule has 2 rings (SSSR count). The van der Waals surface area contributed by atoms with Gasteiger partial charge in [-0.15, -0.1) is 0 Å². The molecule has 7 nitrogen and oxygen atoms in total. The Morgan fingerprint density at radius 2 is 1.90 bits per heavy atom. The summed E-state index contributed by atoms with van der Waals surface area (Å²) in [5.41, 5.74) is -0.911. The summed E-state index contributed by atoms with van der Waals surface area (Å²) < 4.78 is 55.7. The number of carbonyl (C=O) groups is 2. The third kappa shape index (κ3) is 4.90. The summed E-state index contributed by atoms with van der Waals surface area (Å²) in [5, 5.41) is 2.38. The lowest BCUT2D eigenvalue weighted by atomic mass is 9.80. The number of hydrogen-bond donors (Lipinski definition) is 2. The fraction of sp³-hybridized carbons (Fsp3) is 0.368. The average Bonchev–Trinajstić information content (AvgIpc) is 2.71. The topological polar surface area (TPSA) is 93.2 Å². The quantitative estimate of drug-likeness (QED) is 0.496. The number of rotatable bonds is 8. The number of aromatic nitrogens is 2. The molecule has 2 unspecified atom stereocenters. The lowest BCUT2D eigenvalue weighted by molar-refractivity contribution is -0.274. The highest BCUT2D eigenvalue weighted by Gasteiger charge is 2.62. The zero-order chi connectivity index (χ0) is 22.5. The van der Waals surface area contributed by atoms with E-state index in [-0.39, 0.29) is 16.9 Å². The molecule has 0 saturated carbocycles. The highest BCUT2D eigenvalue weighted by molar-refractivity contribution is 5.93. The van der Waals surface area contributed by atoms with Crippen LogP contribution in [0, 0.1) is 0 Å². The Morgan fingerprint density at radius 1 is 1.20 bits per heavy atom. The number of amides is 2. The number of hydroxylamine groups is 1. The van der Waals surface area contributed by atoms with Crippen LogP contribution in [-0.4, -0.2) is 39.7 Å². The molecular weight excluding hydrogens is 408 g/mol. The molecule has 0 radical (unpaired) electrons. The van der Waals surface area contributed by atoms with Crippen molar-refractivity contribution < 1.29 is 32.0 Å². The molecule has 0 bridgehead atoms. The minimum Gasteiger partial charge on any atom is -0.311 e. The van der Waals surface area contributed by atoms with Gasteiger partial charge in [0.15, 0.2) is 5.60 Å². The first-order valence-corrected chi connectivity index (χ1v) is 8.77. The van der Waals surface area contributed by atoms with Crippen LogP contribution in [0.4, 0.5) is 23.4 Å². The van der Waals surface area contributed by atoms with Gasteiger partial charge in [-0.05, 0) is 36.8 Å². The number of halogens is 4. The number of carbonyl (C=O) groups excluding carboxylic acids is 2. The van der Waals surface area contributed by atoms with Gasteiger partial charge in [-0.25, -0.2) is 19.2 Å². The van der Waals surface area contributed by atoms with E-state index in [0.717, 1.165) is 13.1 Å². The van der Waals surface area contributed by atoms with E-state index in [1.807, 2.05) is 5.48 Å². The van der Waals surface area contributed by atoms with Gasteiger partial charge < -0.3 is 5.32 Å². The molecule has 162 valence electrons. The Balaban J connectivity index is 2.36. The summed E-state index contributed by atoms with van der Waals surface area (Å²) in [5.74, 6) is -7.33. The van der Waals surface area contributed by atoms with Crippen molar-refractivity contribution in [2.45, 2.75) is 44.6 Å². The van der Waals surface area contributed by atoms with Gasteiger partial charge in [-0.1, -0.05) is 6.92 Å². The fourth-order valence-electron chi connectivity index (χ4n) is 2.65. The molecule has 2 heterocycles. The normalized spacial score (nSPS) is 14.7. The standard InChI is InChI=1S/C19H20F4N4O3/c1-11(13-6-8-25-15(9-13)26-12(2)28)18(3,19(22,23)17(20)21)30-27-16(29)14-5-4-7-24-10-14/h4-11,17H,1-3H3,(H,27,29)(H,25,26,28). The predicted molar refractivity (Wildman–Crippen MR) is 99.1 cm³/mol. The Morgan fingerprint density at radius 3 is 2.47 bits per heavy atom. The minimum absolute atomic E-state index is 0.00952. The molecule has 0 aliphatic heterocycles. The van der Waals surface area contributed by atoms with Crippen molar-refractivity contribution in [3.8, 4) is 0 Å². The van der Waals surface area contributed by atoms with E-state index in [9.17, 15) is 27.2 Å². The number of nitrogens with one attached hydrogen (secondary N) is 2. The number of anilines is 1. The van der Waals surface area contributed by atoms with Crippen molar-refractivity contribution in [1.82, 2.24) is 15.4 Å². The Labute approximate surface area is 169 Å². The van der Waals surface area contributed by atoms with Crippen LogP contribution in [0.3, 0.4) is 0 Å². The molecule has 0 saturated heterocycles. The van der Waals surface area contributed by atoms with Crippen molar-refractivity contribution in [1.29, 1.82) is 0 Å². The van der Waals surface area contributed by atoms with Gasteiger partial charge in [-0.3, -0.25) is 19.4 Å². The van der Waals surface area contributed by atoms with E-state index >= 15 is 0 Å². The third-order valence-electron chi connectivity index (χ3n) is 4.63. The smallest absolute Gasteiger partial charge is 0.311 e. The number of hydrogen-bond acceptors (Lipinski definition) is 5. The van der Waals surface area contributed by atoms with Gasteiger partial charge in [0.25, 0.3) is 5.91 Å². The first-order valence-electron chi connectivity index (χ1n) is 8.77. The van der Waals surface area contributed by atoms with Gasteiger partial charge in [0.2, 0.25) is 5.91 Å². The molecule has 2 aromatic rings. The predicted octanol–water partition coefficient (Wildman–Crippen LogP) is 3.56. The summed E-state index contributed by atoms with van der Waals surface area (Å²) in [6.45, 7) is 3.23. The van der Waals surface area contributed by atoms with Crippen LogP contribution in [0.2, 0.25) is 0 Å². The second kappa shape index (κ2) is 9.16. The van der Waals surface area contributed by atoms with E-state index in [0.29, 0.717) is 0 Å². The van der Waals surface area contributed by atoms with Gasteiger partial charge in [0.05, 0.1) is 5.56 Å². The van der Waals surface area contributed by atoms with Crippen molar-refractivity contribution in [3.63, 3.8) is 0 Å². The van der Waals surface area contributed by atoms with Gasteiger partial charge >= 0.3 is 12.3 Å². The summed E-state index contributed by atoms with van der Waals surface area (Å²) in [4.78, 5) is 35.9. The van der Waals surface area contributed by atoms with Crippen LogP contribution >= 0.6 is 0 Å². The molecule has 0 aliphatic rings. The van der Waals surface area contributed by atoms with Crippen LogP contribution in [-0.2, 0) is 9.63 Å².